The van der Waals surface area contributed by atoms with E-state index in [-0.39, 0.29) is 5.04 Å². The van der Waals surface area contributed by atoms with E-state index in [4.69, 9.17) is 4.43 Å². The van der Waals surface area contributed by atoms with Gasteiger partial charge in [0.2, 0.25) is 0 Å². The van der Waals surface area contributed by atoms with Gasteiger partial charge in [-0.25, -0.2) is 0 Å². The molecule has 0 heterocycles. The highest BCUT2D eigenvalue weighted by atomic mass is 28.4. The second-order valence-electron chi connectivity index (χ2n) is 15.0. The molecule has 0 bridgehead atoms. The van der Waals surface area contributed by atoms with Gasteiger partial charge in [0.1, 0.15) is 0 Å². The molecule has 2 nitrogen and oxygen atoms in total. The molecule has 4 rings (SSSR count). The van der Waals surface area contributed by atoms with Gasteiger partial charge in [0.05, 0.1) is 0 Å². The molecule has 4 aliphatic carbocycles. The van der Waals surface area contributed by atoms with Gasteiger partial charge in [0.15, 0.2) is 8.32 Å². The van der Waals surface area contributed by atoms with E-state index in [9.17, 15) is 5.11 Å². The van der Waals surface area contributed by atoms with Crippen LogP contribution in [0.3, 0.4) is 0 Å². The van der Waals surface area contributed by atoms with Crippen molar-refractivity contribution in [3.8, 4) is 0 Å². The zero-order chi connectivity index (χ0) is 24.2. The fourth-order valence-corrected chi connectivity index (χ4v) is 11.0. The second-order valence-corrected chi connectivity index (χ2v) is 19.7. The quantitative estimate of drug-likeness (QED) is 0.390. The molecule has 1 unspecified atom stereocenters. The Morgan fingerprint density at radius 2 is 1.70 bits per heavy atom. The number of fused-ring (bicyclic) bond motifs is 5. The van der Waals surface area contributed by atoms with E-state index in [2.05, 4.69) is 54.6 Å². The lowest BCUT2D eigenvalue weighted by molar-refractivity contribution is -0.115. The van der Waals surface area contributed by atoms with Gasteiger partial charge in [0, 0.05) is 12.7 Å². The summed E-state index contributed by atoms with van der Waals surface area (Å²) in [6.07, 6.45) is 15.6. The minimum atomic E-state index is -1.82. The van der Waals surface area contributed by atoms with Gasteiger partial charge in [0.25, 0.3) is 0 Å². The van der Waals surface area contributed by atoms with Crippen molar-refractivity contribution in [1.82, 2.24) is 0 Å². The summed E-state index contributed by atoms with van der Waals surface area (Å²) in [5, 5.41) is 9.84. The molecule has 0 aromatic carbocycles. The summed E-state index contributed by atoms with van der Waals surface area (Å²) in [4.78, 5) is 0. The number of hydrogen-bond donors (Lipinski definition) is 1. The molecular formula is C30H56O2Si. The third-order valence-electron chi connectivity index (χ3n) is 12.4. The molecule has 192 valence electrons. The van der Waals surface area contributed by atoms with Crippen molar-refractivity contribution in [3.63, 3.8) is 0 Å². The molecule has 0 spiro atoms. The maximum Gasteiger partial charge on any atom is 0.192 e. The molecule has 0 saturated heterocycles. The minimum absolute atomic E-state index is 0.261. The van der Waals surface area contributed by atoms with Crippen LogP contribution in [-0.4, -0.2) is 26.1 Å². The van der Waals surface area contributed by atoms with Gasteiger partial charge >= 0.3 is 0 Å². The Kier molecular flexibility index (Phi) is 7.32. The highest BCUT2D eigenvalue weighted by molar-refractivity contribution is 6.74. The summed E-state index contributed by atoms with van der Waals surface area (Å²) in [5.74, 6) is 5.00. The summed E-state index contributed by atoms with van der Waals surface area (Å²) in [6.45, 7) is 20.3. The molecule has 9 atom stereocenters. The normalized spacial score (nSPS) is 44.6. The fourth-order valence-electron chi connectivity index (χ4n) is 9.61. The first-order chi connectivity index (χ1) is 15.3. The van der Waals surface area contributed by atoms with Crippen LogP contribution in [0.1, 0.15) is 112 Å². The topological polar surface area (TPSA) is 29.5 Å². The Morgan fingerprint density at radius 1 is 0.970 bits per heavy atom. The largest absolute Gasteiger partial charge is 0.414 e. The fraction of sp³-hybridized carbons (Fsp3) is 1.00. The molecule has 33 heavy (non-hydrogen) atoms. The van der Waals surface area contributed by atoms with Crippen LogP contribution in [0.2, 0.25) is 18.1 Å². The highest BCUT2D eigenvalue weighted by Gasteiger charge is 2.63. The lowest BCUT2D eigenvalue weighted by Gasteiger charge is -2.60. The Bertz CT molecular complexity index is 683. The molecule has 3 heteroatoms. The zero-order valence-corrected chi connectivity index (χ0v) is 24.4. The van der Waals surface area contributed by atoms with Crippen molar-refractivity contribution < 1.29 is 9.53 Å². The van der Waals surface area contributed by atoms with E-state index < -0.39 is 8.32 Å². The van der Waals surface area contributed by atoms with Crippen LogP contribution in [0.4, 0.5) is 0 Å². The molecule has 1 N–H and O–H groups in total. The lowest BCUT2D eigenvalue weighted by Crippen LogP contribution is -2.53. The van der Waals surface area contributed by atoms with Crippen LogP contribution < -0.4 is 0 Å². The molecule has 0 aliphatic heterocycles. The van der Waals surface area contributed by atoms with Crippen molar-refractivity contribution in [1.29, 1.82) is 0 Å². The highest BCUT2D eigenvalue weighted by Crippen LogP contribution is 2.69. The number of aliphatic hydroxyl groups is 1. The van der Waals surface area contributed by atoms with Gasteiger partial charge in [-0.2, -0.15) is 0 Å². The monoisotopic (exact) mass is 476 g/mol. The number of aliphatic hydroxyl groups excluding tert-OH is 1. The first-order valence-electron chi connectivity index (χ1n) is 14.6. The van der Waals surface area contributed by atoms with Gasteiger partial charge in [-0.05, 0) is 122 Å². The molecule has 0 aromatic heterocycles. The first-order valence-corrected chi connectivity index (χ1v) is 17.5. The summed E-state index contributed by atoms with van der Waals surface area (Å²) in [5.41, 5.74) is 1.03. The molecular weight excluding hydrogens is 420 g/mol. The predicted octanol–water partition coefficient (Wildman–Crippen LogP) is 8.44. The Labute approximate surface area is 207 Å². The molecule has 0 aromatic rings. The van der Waals surface area contributed by atoms with Crippen molar-refractivity contribution in [2.45, 2.75) is 136 Å². The molecule has 4 aliphatic rings. The van der Waals surface area contributed by atoms with Crippen molar-refractivity contribution in [2.24, 2.45) is 46.3 Å². The van der Waals surface area contributed by atoms with Crippen molar-refractivity contribution >= 4 is 8.32 Å². The third-order valence-corrected chi connectivity index (χ3v) is 16.9. The van der Waals surface area contributed by atoms with E-state index in [0.29, 0.717) is 35.4 Å². The van der Waals surface area contributed by atoms with Crippen LogP contribution in [0.5, 0.6) is 0 Å². The van der Waals surface area contributed by atoms with E-state index in [0.717, 1.165) is 36.5 Å². The van der Waals surface area contributed by atoms with Gasteiger partial charge in [-0.3, -0.25) is 0 Å². The van der Waals surface area contributed by atoms with Crippen molar-refractivity contribution in [3.05, 3.63) is 0 Å². The van der Waals surface area contributed by atoms with E-state index in [1.807, 2.05) is 0 Å². The summed E-state index contributed by atoms with van der Waals surface area (Å²) in [7, 11) is -1.82. The van der Waals surface area contributed by atoms with Crippen LogP contribution >= 0.6 is 0 Å². The first kappa shape index (κ1) is 26.2. The maximum absolute atomic E-state index is 9.58. The third kappa shape index (κ3) is 4.43. The van der Waals surface area contributed by atoms with Crippen molar-refractivity contribution in [2.75, 3.05) is 6.61 Å². The average molecular weight is 477 g/mol. The van der Waals surface area contributed by atoms with E-state index >= 15 is 0 Å². The predicted molar refractivity (Wildman–Crippen MR) is 143 cm³/mol. The maximum atomic E-state index is 9.58. The average Bonchev–Trinajstić information content (AvgIpc) is 3.02. The van der Waals surface area contributed by atoms with E-state index in [1.54, 1.807) is 0 Å². The van der Waals surface area contributed by atoms with Crippen LogP contribution in [-0.2, 0) is 4.43 Å². The smallest absolute Gasteiger partial charge is 0.192 e. The molecule has 4 saturated carbocycles. The number of hydrogen-bond acceptors (Lipinski definition) is 2. The Balaban J connectivity index is 1.64. The number of rotatable bonds is 6. The second kappa shape index (κ2) is 9.22. The van der Waals surface area contributed by atoms with Crippen LogP contribution in [0.25, 0.3) is 0 Å². The summed E-state index contributed by atoms with van der Waals surface area (Å²) >= 11 is 0. The lowest BCUT2D eigenvalue weighted by atomic mass is 9.44. The zero-order valence-electron chi connectivity index (χ0n) is 23.4. The van der Waals surface area contributed by atoms with Crippen LogP contribution in [0.15, 0.2) is 0 Å². The molecule has 0 amide bonds. The summed E-state index contributed by atoms with van der Waals surface area (Å²) < 4.78 is 7.32. The van der Waals surface area contributed by atoms with Gasteiger partial charge in [-0.15, -0.1) is 0 Å². The standard InChI is InChI=1S/C30H56O2Si/c1-21(12-11-19-31)27-26(32-33(7,8)28(2,3)4)20-25-23-15-14-22-13-9-10-17-29(22,5)24(23)16-18-30(25,27)6/h21-27,31H,9-20H2,1-8H3/t21-,22+,23-,24+,25+,26?,27+,29+,30+/m1/s1. The molecule has 4 fully saturated rings. The van der Waals surface area contributed by atoms with Gasteiger partial charge in [-0.1, -0.05) is 54.4 Å². The van der Waals surface area contributed by atoms with Gasteiger partial charge < -0.3 is 9.53 Å². The summed E-state index contributed by atoms with van der Waals surface area (Å²) in [6, 6.07) is 0. The Morgan fingerprint density at radius 3 is 2.36 bits per heavy atom. The van der Waals surface area contributed by atoms with Crippen LogP contribution in [0, 0.1) is 46.3 Å². The minimum Gasteiger partial charge on any atom is -0.414 e. The SMILES string of the molecule is C[C@H](CCCO)[C@H]1C(O[Si](C)(C)C(C)(C)C)C[C@H]2[C@@H]3CC[C@@H]4CCCC[C@]4(C)[C@H]3CC[C@]12C. The Hall–Kier alpha value is 0.137. The molecule has 0 radical (unpaired) electrons. The van der Waals surface area contributed by atoms with E-state index in [1.165, 1.54) is 57.8 Å².